The minimum Gasteiger partial charge on any atom is -0.389 e. The van der Waals surface area contributed by atoms with Crippen LogP contribution in [0, 0.1) is 27.7 Å². The Morgan fingerprint density at radius 2 is 1.80 bits per heavy atom. The number of nitrogens with two attached hydrogens (primary N) is 1. The quantitative estimate of drug-likeness (QED) is 0.845. The number of nitrogens with zero attached hydrogens (tertiary/aromatic N) is 3. The van der Waals surface area contributed by atoms with Gasteiger partial charge in [-0.25, -0.2) is 0 Å². The predicted molar refractivity (Wildman–Crippen MR) is 84.4 cm³/mol. The first-order valence-electron chi connectivity index (χ1n) is 6.25. The summed E-state index contributed by atoms with van der Waals surface area (Å²) in [5.41, 5.74) is 11.0. The Morgan fingerprint density at radius 1 is 1.10 bits per heavy atom. The second-order valence-corrected chi connectivity index (χ2v) is 5.15. The van der Waals surface area contributed by atoms with Crippen LogP contribution in [-0.4, -0.2) is 20.2 Å². The number of nitrogens with one attached hydrogen (secondary N) is 1. The molecule has 0 bridgehead atoms. The highest BCUT2D eigenvalue weighted by atomic mass is 32.1. The van der Waals surface area contributed by atoms with Crippen LogP contribution >= 0.6 is 12.2 Å². The van der Waals surface area contributed by atoms with Crippen LogP contribution in [0.4, 0.5) is 11.5 Å². The van der Waals surface area contributed by atoms with Crippen molar-refractivity contribution in [2.75, 3.05) is 5.32 Å². The minimum absolute atomic E-state index is 0.306. The lowest BCUT2D eigenvalue weighted by molar-refractivity contribution is 0.961. The van der Waals surface area contributed by atoms with Crippen LogP contribution in [0.25, 0.3) is 0 Å². The van der Waals surface area contributed by atoms with Crippen molar-refractivity contribution in [2.24, 2.45) is 5.73 Å². The molecule has 0 unspecified atom stereocenters. The summed E-state index contributed by atoms with van der Waals surface area (Å²) in [4.78, 5) is 4.72. The van der Waals surface area contributed by atoms with E-state index in [0.29, 0.717) is 10.8 Å². The summed E-state index contributed by atoms with van der Waals surface area (Å²) in [5.74, 6) is 0.564. The van der Waals surface area contributed by atoms with Crippen molar-refractivity contribution in [1.29, 1.82) is 0 Å². The Labute approximate surface area is 123 Å². The highest BCUT2D eigenvalue weighted by molar-refractivity contribution is 7.80. The molecule has 0 aliphatic carbocycles. The molecule has 0 amide bonds. The summed E-state index contributed by atoms with van der Waals surface area (Å²) < 4.78 is 0. The molecule has 0 aliphatic heterocycles. The molecule has 20 heavy (non-hydrogen) atoms. The van der Waals surface area contributed by atoms with E-state index in [-0.39, 0.29) is 0 Å². The van der Waals surface area contributed by atoms with Gasteiger partial charge in [0.1, 0.15) is 4.99 Å². The van der Waals surface area contributed by atoms with E-state index in [2.05, 4.69) is 20.5 Å². The molecule has 0 spiro atoms. The summed E-state index contributed by atoms with van der Waals surface area (Å²) in [6.07, 6.45) is 0. The SMILES string of the molecule is Cc1ccc(Nc2nnc(C)c(C)c2C(N)=S)c(C)n1. The van der Waals surface area contributed by atoms with Crippen LogP contribution in [0.3, 0.4) is 0 Å². The number of thiocarbonyl (C=S) groups is 1. The Morgan fingerprint density at radius 3 is 2.40 bits per heavy atom. The first-order chi connectivity index (χ1) is 9.40. The van der Waals surface area contributed by atoms with E-state index in [0.717, 1.165) is 33.9 Å². The fourth-order valence-corrected chi connectivity index (χ4v) is 2.19. The Bertz CT molecular complexity index is 682. The average molecular weight is 287 g/mol. The summed E-state index contributed by atoms with van der Waals surface area (Å²) >= 11 is 5.12. The first kappa shape index (κ1) is 14.3. The molecule has 0 saturated heterocycles. The molecule has 104 valence electrons. The van der Waals surface area contributed by atoms with Crippen molar-refractivity contribution in [2.45, 2.75) is 27.7 Å². The summed E-state index contributed by atoms with van der Waals surface area (Å²) in [7, 11) is 0. The highest BCUT2D eigenvalue weighted by Gasteiger charge is 2.14. The first-order valence-corrected chi connectivity index (χ1v) is 6.66. The number of rotatable bonds is 3. The zero-order valence-electron chi connectivity index (χ0n) is 12.0. The topological polar surface area (TPSA) is 76.7 Å². The molecule has 0 fully saturated rings. The molecule has 2 heterocycles. The van der Waals surface area contributed by atoms with Crippen LogP contribution in [0.2, 0.25) is 0 Å². The number of anilines is 2. The molecule has 6 heteroatoms. The van der Waals surface area contributed by atoms with E-state index in [1.807, 2.05) is 39.8 Å². The third kappa shape index (κ3) is 2.75. The molecular formula is C14H17N5S. The van der Waals surface area contributed by atoms with Crippen LogP contribution < -0.4 is 11.1 Å². The Hall–Kier alpha value is -2.08. The van der Waals surface area contributed by atoms with Gasteiger partial charge in [-0.15, -0.1) is 5.10 Å². The maximum Gasteiger partial charge on any atom is 0.163 e. The summed E-state index contributed by atoms with van der Waals surface area (Å²) in [6, 6.07) is 3.89. The number of hydrogen-bond acceptors (Lipinski definition) is 5. The van der Waals surface area contributed by atoms with E-state index in [1.165, 1.54) is 0 Å². The van der Waals surface area contributed by atoms with Crippen molar-refractivity contribution in [3.63, 3.8) is 0 Å². The van der Waals surface area contributed by atoms with Gasteiger partial charge in [-0.05, 0) is 45.4 Å². The second-order valence-electron chi connectivity index (χ2n) is 4.71. The van der Waals surface area contributed by atoms with E-state index in [4.69, 9.17) is 18.0 Å². The molecule has 2 aromatic heterocycles. The van der Waals surface area contributed by atoms with Crippen molar-refractivity contribution >= 4 is 28.7 Å². The molecule has 0 saturated carbocycles. The molecular weight excluding hydrogens is 270 g/mol. The monoisotopic (exact) mass is 287 g/mol. The maximum atomic E-state index is 5.81. The maximum absolute atomic E-state index is 5.81. The summed E-state index contributed by atoms with van der Waals surface area (Å²) in [6.45, 7) is 7.70. The van der Waals surface area contributed by atoms with Gasteiger partial charge in [-0.2, -0.15) is 5.10 Å². The fraction of sp³-hybridized carbons (Fsp3) is 0.286. The number of aromatic nitrogens is 3. The molecule has 2 rings (SSSR count). The van der Waals surface area contributed by atoms with Gasteiger partial charge in [-0.3, -0.25) is 4.98 Å². The lowest BCUT2D eigenvalue weighted by Crippen LogP contribution is -2.17. The lowest BCUT2D eigenvalue weighted by Gasteiger charge is -2.14. The van der Waals surface area contributed by atoms with Gasteiger partial charge >= 0.3 is 0 Å². The average Bonchev–Trinajstić information content (AvgIpc) is 2.36. The van der Waals surface area contributed by atoms with Gasteiger partial charge in [0.25, 0.3) is 0 Å². The summed E-state index contributed by atoms with van der Waals surface area (Å²) in [5, 5.41) is 11.5. The van der Waals surface area contributed by atoms with Crippen LogP contribution in [0.15, 0.2) is 12.1 Å². The third-order valence-electron chi connectivity index (χ3n) is 3.18. The predicted octanol–water partition coefficient (Wildman–Crippen LogP) is 2.48. The van der Waals surface area contributed by atoms with Crippen molar-refractivity contribution < 1.29 is 0 Å². The van der Waals surface area contributed by atoms with Crippen LogP contribution in [0.5, 0.6) is 0 Å². The largest absolute Gasteiger partial charge is 0.389 e. The van der Waals surface area contributed by atoms with E-state index < -0.39 is 0 Å². The molecule has 0 aliphatic rings. The van der Waals surface area contributed by atoms with Gasteiger partial charge < -0.3 is 11.1 Å². The second kappa shape index (κ2) is 5.50. The van der Waals surface area contributed by atoms with E-state index in [9.17, 15) is 0 Å². The molecule has 5 nitrogen and oxygen atoms in total. The molecule has 0 atom stereocenters. The lowest BCUT2D eigenvalue weighted by atomic mass is 10.1. The normalized spacial score (nSPS) is 10.4. The van der Waals surface area contributed by atoms with Crippen molar-refractivity contribution in [1.82, 2.24) is 15.2 Å². The molecule has 2 aromatic rings. The molecule has 0 aromatic carbocycles. The van der Waals surface area contributed by atoms with Crippen LogP contribution in [-0.2, 0) is 0 Å². The molecule has 0 radical (unpaired) electrons. The van der Waals surface area contributed by atoms with Crippen LogP contribution in [0.1, 0.15) is 28.2 Å². The van der Waals surface area contributed by atoms with Gasteiger partial charge in [0.15, 0.2) is 5.82 Å². The fourth-order valence-electron chi connectivity index (χ4n) is 1.94. The van der Waals surface area contributed by atoms with Crippen molar-refractivity contribution in [3.05, 3.63) is 40.3 Å². The Balaban J connectivity index is 2.48. The zero-order chi connectivity index (χ0) is 14.9. The van der Waals surface area contributed by atoms with Gasteiger partial charge in [0, 0.05) is 5.69 Å². The number of hydrogen-bond donors (Lipinski definition) is 2. The third-order valence-corrected chi connectivity index (χ3v) is 3.38. The van der Waals surface area contributed by atoms with Gasteiger partial charge in [0.05, 0.1) is 22.6 Å². The number of aryl methyl sites for hydroxylation is 3. The van der Waals surface area contributed by atoms with E-state index >= 15 is 0 Å². The standard InChI is InChI=1S/C14H17N5S/c1-7-5-6-11(10(4)16-7)17-14-12(13(15)20)8(2)9(3)18-19-14/h5-6H,1-4H3,(H2,15,20)(H,17,19). The molecule has 3 N–H and O–H groups in total. The van der Waals surface area contributed by atoms with Gasteiger partial charge in [-0.1, -0.05) is 12.2 Å². The van der Waals surface area contributed by atoms with E-state index in [1.54, 1.807) is 0 Å². The number of pyridine rings is 1. The highest BCUT2D eigenvalue weighted by Crippen LogP contribution is 2.23. The van der Waals surface area contributed by atoms with Gasteiger partial charge in [0.2, 0.25) is 0 Å². The zero-order valence-corrected chi connectivity index (χ0v) is 12.8. The minimum atomic E-state index is 0.306. The Kier molecular flexibility index (Phi) is 3.94. The smallest absolute Gasteiger partial charge is 0.163 e. The van der Waals surface area contributed by atoms with Crippen molar-refractivity contribution in [3.8, 4) is 0 Å².